The van der Waals surface area contributed by atoms with Crippen LogP contribution in [0.1, 0.15) is 38.5 Å². The molecule has 0 bridgehead atoms. The zero-order chi connectivity index (χ0) is 10.6. The van der Waals surface area contributed by atoms with Crippen LogP contribution in [0.4, 0.5) is 4.11 Å². The van der Waals surface area contributed by atoms with Gasteiger partial charge in [-0.1, -0.05) is 19.3 Å². The van der Waals surface area contributed by atoms with Gasteiger partial charge in [0.05, 0.1) is 6.10 Å². The third kappa shape index (κ3) is 4.56. The molecule has 84 valence electrons. The molecule has 0 aromatic rings. The Hall–Kier alpha value is 0.107. The first-order valence-electron chi connectivity index (χ1n) is 5.86. The normalized spacial score (nSPS) is 22.3. The van der Waals surface area contributed by atoms with E-state index in [1.165, 1.54) is 19.3 Å². The minimum absolute atomic E-state index is 0.238. The van der Waals surface area contributed by atoms with Gasteiger partial charge in [0.15, 0.2) is 0 Å². The first kappa shape index (κ1) is 12.2. The van der Waals surface area contributed by atoms with E-state index in [1.807, 2.05) is 0 Å². The Kier molecular flexibility index (Phi) is 4.58. The second-order valence-electron chi connectivity index (χ2n) is 5.22. The molecule has 1 saturated carbocycles. The highest BCUT2D eigenvalue weighted by Gasteiger charge is 2.26. The van der Waals surface area contributed by atoms with E-state index in [0.717, 1.165) is 12.8 Å². The van der Waals surface area contributed by atoms with Crippen molar-refractivity contribution in [2.45, 2.75) is 63.8 Å². The molecule has 1 atom stereocenters. The molecule has 0 spiro atoms. The third-order valence-corrected chi connectivity index (χ3v) is 4.71. The van der Waals surface area contributed by atoms with Crippen molar-refractivity contribution < 1.29 is 9.21 Å². The maximum absolute atomic E-state index is 13.3. The van der Waals surface area contributed by atoms with Crippen LogP contribution in [-0.2, 0) is 0 Å². The molecule has 1 rings (SSSR count). The summed E-state index contributed by atoms with van der Waals surface area (Å²) in [6.45, 7) is 3.45. The van der Waals surface area contributed by atoms with Gasteiger partial charge >= 0.3 is 0 Å². The van der Waals surface area contributed by atoms with Gasteiger partial charge < -0.3 is 9.21 Å². The van der Waals surface area contributed by atoms with Gasteiger partial charge in [0.1, 0.15) is 0 Å². The highest BCUT2D eigenvalue weighted by molar-refractivity contribution is 6.70. The van der Waals surface area contributed by atoms with E-state index in [2.05, 4.69) is 0 Å². The quantitative estimate of drug-likeness (QED) is 0.565. The Bertz CT molecular complexity index is 161. The highest BCUT2D eigenvalue weighted by Crippen LogP contribution is 2.29. The molecule has 0 saturated heterocycles. The van der Waals surface area contributed by atoms with E-state index in [1.54, 1.807) is 13.1 Å². The molecule has 1 N–H and O–H groups in total. The zero-order valence-electron chi connectivity index (χ0n) is 9.43. The molecular formula is C11H23FOSi. The molecule has 0 aliphatic heterocycles. The number of halogens is 1. The molecule has 14 heavy (non-hydrogen) atoms. The lowest BCUT2D eigenvalue weighted by Crippen LogP contribution is -2.26. The summed E-state index contributed by atoms with van der Waals surface area (Å²) in [5.74, 6) is 0.458. The molecule has 1 unspecified atom stereocenters. The number of hydrogen-bond acceptors (Lipinski definition) is 1. The van der Waals surface area contributed by atoms with Crippen molar-refractivity contribution >= 4 is 8.41 Å². The molecular weight excluding hydrogens is 195 g/mol. The van der Waals surface area contributed by atoms with Crippen molar-refractivity contribution in [2.75, 3.05) is 0 Å². The minimum atomic E-state index is -2.44. The van der Waals surface area contributed by atoms with Gasteiger partial charge in [-0.2, -0.15) is 0 Å². The molecule has 0 radical (unpaired) electrons. The Morgan fingerprint density at radius 2 is 1.86 bits per heavy atom. The SMILES string of the molecule is C[Si](C)(F)CCC(O)C1CCCCC1. The van der Waals surface area contributed by atoms with Crippen molar-refractivity contribution in [1.82, 2.24) is 0 Å². The van der Waals surface area contributed by atoms with Gasteiger partial charge in [0.25, 0.3) is 0 Å². The van der Waals surface area contributed by atoms with Crippen molar-refractivity contribution in [3.05, 3.63) is 0 Å². The van der Waals surface area contributed by atoms with Gasteiger partial charge in [0.2, 0.25) is 8.41 Å². The number of hydrogen-bond donors (Lipinski definition) is 1. The van der Waals surface area contributed by atoms with E-state index in [4.69, 9.17) is 0 Å². The molecule has 1 aliphatic carbocycles. The summed E-state index contributed by atoms with van der Waals surface area (Å²) in [6, 6.07) is 0.616. The Morgan fingerprint density at radius 1 is 1.29 bits per heavy atom. The predicted octanol–water partition coefficient (Wildman–Crippen LogP) is 3.49. The van der Waals surface area contributed by atoms with Crippen LogP contribution in [0.5, 0.6) is 0 Å². The van der Waals surface area contributed by atoms with E-state index in [0.29, 0.717) is 18.4 Å². The summed E-state index contributed by atoms with van der Waals surface area (Å²) in [5, 5.41) is 9.89. The van der Waals surface area contributed by atoms with Crippen molar-refractivity contribution in [2.24, 2.45) is 5.92 Å². The molecule has 0 amide bonds. The fourth-order valence-electron chi connectivity index (χ4n) is 2.25. The first-order valence-corrected chi connectivity index (χ1v) is 8.94. The standard InChI is InChI=1S/C11H23FOSi/c1-14(2,12)9-8-11(13)10-6-4-3-5-7-10/h10-11,13H,3-9H2,1-2H3. The monoisotopic (exact) mass is 218 g/mol. The summed E-state index contributed by atoms with van der Waals surface area (Å²) >= 11 is 0. The first-order chi connectivity index (χ1) is 6.49. The Balaban J connectivity index is 2.23. The molecule has 1 aliphatic rings. The molecule has 3 heteroatoms. The number of aliphatic hydroxyl groups excluding tert-OH is 1. The fraction of sp³-hybridized carbons (Fsp3) is 1.00. The second-order valence-corrected chi connectivity index (χ2v) is 9.16. The topological polar surface area (TPSA) is 20.2 Å². The van der Waals surface area contributed by atoms with Crippen LogP contribution < -0.4 is 0 Å². The minimum Gasteiger partial charge on any atom is -0.393 e. The third-order valence-electron chi connectivity index (χ3n) is 3.23. The van der Waals surface area contributed by atoms with Crippen LogP contribution in [0.25, 0.3) is 0 Å². The average Bonchev–Trinajstić information content (AvgIpc) is 2.14. The van der Waals surface area contributed by atoms with Gasteiger partial charge in [-0.3, -0.25) is 0 Å². The van der Waals surface area contributed by atoms with E-state index >= 15 is 0 Å². The molecule has 0 heterocycles. The average molecular weight is 218 g/mol. The number of rotatable bonds is 4. The van der Waals surface area contributed by atoms with Gasteiger partial charge in [-0.05, 0) is 44.3 Å². The van der Waals surface area contributed by atoms with Crippen LogP contribution in [0.15, 0.2) is 0 Å². The van der Waals surface area contributed by atoms with Gasteiger partial charge in [0, 0.05) is 0 Å². The van der Waals surface area contributed by atoms with Gasteiger partial charge in [-0.25, -0.2) is 0 Å². The van der Waals surface area contributed by atoms with Crippen molar-refractivity contribution in [3.63, 3.8) is 0 Å². The predicted molar refractivity (Wildman–Crippen MR) is 60.6 cm³/mol. The van der Waals surface area contributed by atoms with E-state index in [-0.39, 0.29) is 6.10 Å². The Morgan fingerprint density at radius 3 is 2.36 bits per heavy atom. The largest absolute Gasteiger partial charge is 0.393 e. The van der Waals surface area contributed by atoms with E-state index < -0.39 is 8.41 Å². The summed E-state index contributed by atoms with van der Waals surface area (Å²) in [7, 11) is -2.44. The summed E-state index contributed by atoms with van der Waals surface area (Å²) < 4.78 is 13.3. The highest BCUT2D eigenvalue weighted by atomic mass is 28.4. The van der Waals surface area contributed by atoms with Crippen LogP contribution in [-0.4, -0.2) is 19.6 Å². The summed E-state index contributed by atoms with van der Waals surface area (Å²) in [5.41, 5.74) is 0. The van der Waals surface area contributed by atoms with E-state index in [9.17, 15) is 9.21 Å². The zero-order valence-corrected chi connectivity index (χ0v) is 10.4. The fourth-order valence-corrected chi connectivity index (χ4v) is 3.23. The molecule has 0 aromatic carbocycles. The van der Waals surface area contributed by atoms with Crippen LogP contribution >= 0.6 is 0 Å². The Labute approximate surface area is 87.9 Å². The lowest BCUT2D eigenvalue weighted by atomic mass is 9.84. The summed E-state index contributed by atoms with van der Waals surface area (Å²) in [4.78, 5) is 0. The van der Waals surface area contributed by atoms with Crippen LogP contribution in [0.2, 0.25) is 19.1 Å². The maximum atomic E-state index is 13.3. The van der Waals surface area contributed by atoms with Crippen molar-refractivity contribution in [1.29, 1.82) is 0 Å². The lowest BCUT2D eigenvalue weighted by Gasteiger charge is -2.27. The van der Waals surface area contributed by atoms with Gasteiger partial charge in [-0.15, -0.1) is 0 Å². The molecule has 1 fully saturated rings. The lowest BCUT2D eigenvalue weighted by molar-refractivity contribution is 0.0809. The maximum Gasteiger partial charge on any atom is 0.241 e. The van der Waals surface area contributed by atoms with Crippen molar-refractivity contribution in [3.8, 4) is 0 Å². The smallest absolute Gasteiger partial charge is 0.241 e. The van der Waals surface area contributed by atoms with Crippen LogP contribution in [0.3, 0.4) is 0 Å². The molecule has 1 nitrogen and oxygen atoms in total. The summed E-state index contributed by atoms with van der Waals surface area (Å²) in [6.07, 6.45) is 6.55. The second kappa shape index (κ2) is 5.26. The van der Waals surface area contributed by atoms with Crippen LogP contribution in [0, 0.1) is 5.92 Å². The molecule has 0 aromatic heterocycles. The number of aliphatic hydroxyl groups is 1.